The van der Waals surface area contributed by atoms with Gasteiger partial charge >= 0.3 is 5.97 Å². The first kappa shape index (κ1) is 18.1. The fourth-order valence-corrected chi connectivity index (χ4v) is 3.89. The number of hydrogen-bond donors (Lipinski definition) is 1. The van der Waals surface area contributed by atoms with E-state index in [2.05, 4.69) is 18.8 Å². The second-order valence-corrected chi connectivity index (χ2v) is 8.37. The SMILES string of the molecule is CC(C)Sc1ncccc1COc1ccc([C@@H]2CC2C(=O)O)c(Cl)c1. The molecule has 0 radical (unpaired) electrons. The highest BCUT2D eigenvalue weighted by molar-refractivity contribution is 7.99. The first-order valence-corrected chi connectivity index (χ1v) is 9.47. The number of carboxylic acid groups (broad SMARTS) is 1. The zero-order valence-corrected chi connectivity index (χ0v) is 15.7. The van der Waals surface area contributed by atoms with Gasteiger partial charge in [-0.3, -0.25) is 4.79 Å². The van der Waals surface area contributed by atoms with Crippen molar-refractivity contribution in [3.63, 3.8) is 0 Å². The molecular weight excluding hydrogens is 358 g/mol. The third-order valence-electron chi connectivity index (χ3n) is 4.07. The van der Waals surface area contributed by atoms with Crippen LogP contribution in [0.4, 0.5) is 0 Å². The highest BCUT2D eigenvalue weighted by Gasteiger charge is 2.45. The maximum absolute atomic E-state index is 11.0. The summed E-state index contributed by atoms with van der Waals surface area (Å²) in [6, 6.07) is 9.40. The van der Waals surface area contributed by atoms with E-state index in [0.717, 1.165) is 16.2 Å². The van der Waals surface area contributed by atoms with Gasteiger partial charge in [0.15, 0.2) is 0 Å². The Kier molecular flexibility index (Phi) is 5.54. The number of thioether (sulfide) groups is 1. The molecule has 3 rings (SSSR count). The summed E-state index contributed by atoms with van der Waals surface area (Å²) in [7, 11) is 0. The summed E-state index contributed by atoms with van der Waals surface area (Å²) >= 11 is 8.03. The van der Waals surface area contributed by atoms with Crippen molar-refractivity contribution in [1.29, 1.82) is 0 Å². The minimum absolute atomic E-state index is 0.0198. The van der Waals surface area contributed by atoms with Crippen LogP contribution in [0.2, 0.25) is 5.02 Å². The van der Waals surface area contributed by atoms with E-state index < -0.39 is 5.97 Å². The summed E-state index contributed by atoms with van der Waals surface area (Å²) in [4.78, 5) is 15.4. The second-order valence-electron chi connectivity index (χ2n) is 6.39. The normalized spacial score (nSPS) is 19.0. The molecule has 0 aliphatic heterocycles. The van der Waals surface area contributed by atoms with Crippen LogP contribution in [-0.4, -0.2) is 21.3 Å². The Morgan fingerprint density at radius 3 is 2.88 bits per heavy atom. The third kappa shape index (κ3) is 4.47. The molecule has 0 spiro atoms. The van der Waals surface area contributed by atoms with Crippen molar-refractivity contribution in [1.82, 2.24) is 4.98 Å². The Balaban J connectivity index is 1.67. The van der Waals surface area contributed by atoms with Gasteiger partial charge in [0.2, 0.25) is 0 Å². The lowest BCUT2D eigenvalue weighted by Gasteiger charge is -2.12. The highest BCUT2D eigenvalue weighted by atomic mass is 35.5. The maximum Gasteiger partial charge on any atom is 0.307 e. The first-order valence-electron chi connectivity index (χ1n) is 8.21. The van der Waals surface area contributed by atoms with Crippen LogP contribution in [0.15, 0.2) is 41.6 Å². The molecule has 1 N–H and O–H groups in total. The highest BCUT2D eigenvalue weighted by Crippen LogP contribution is 2.50. The standard InChI is InChI=1S/C19H20ClNO3S/c1-11(2)25-18-12(4-3-7-21-18)10-24-13-5-6-14(17(20)8-13)15-9-16(15)19(22)23/h3-8,11,15-16H,9-10H2,1-2H3,(H,22,23)/t15-,16?/m0/s1. The van der Waals surface area contributed by atoms with Gasteiger partial charge in [0.05, 0.1) is 5.92 Å². The molecule has 6 heteroatoms. The summed E-state index contributed by atoms with van der Waals surface area (Å²) in [5.74, 6) is -0.375. The molecule has 1 aromatic carbocycles. The van der Waals surface area contributed by atoms with E-state index in [1.807, 2.05) is 24.3 Å². The number of rotatable bonds is 7. The number of hydrogen-bond acceptors (Lipinski definition) is 4. The number of carbonyl (C=O) groups is 1. The molecule has 2 aromatic rings. The van der Waals surface area contributed by atoms with Crippen molar-refractivity contribution in [2.24, 2.45) is 5.92 Å². The van der Waals surface area contributed by atoms with Gasteiger partial charge < -0.3 is 9.84 Å². The second kappa shape index (κ2) is 7.67. The number of aliphatic carboxylic acids is 1. The van der Waals surface area contributed by atoms with Gasteiger partial charge in [-0.25, -0.2) is 4.98 Å². The molecule has 0 saturated heterocycles. The molecular formula is C19H20ClNO3S. The average molecular weight is 378 g/mol. The van der Waals surface area contributed by atoms with E-state index >= 15 is 0 Å². The average Bonchev–Trinajstić information content (AvgIpc) is 3.34. The Hall–Kier alpha value is -1.72. The summed E-state index contributed by atoms with van der Waals surface area (Å²) in [6.45, 7) is 4.68. The molecule has 2 atom stereocenters. The summed E-state index contributed by atoms with van der Waals surface area (Å²) in [5, 5.41) is 11.0. The minimum atomic E-state index is -0.756. The predicted octanol–water partition coefficient (Wildman–Crippen LogP) is 5.00. The quantitative estimate of drug-likeness (QED) is 0.688. The number of halogens is 1. The van der Waals surface area contributed by atoms with Gasteiger partial charge in [0, 0.05) is 22.0 Å². The van der Waals surface area contributed by atoms with Crippen LogP contribution in [0.5, 0.6) is 5.75 Å². The molecule has 1 fully saturated rings. The van der Waals surface area contributed by atoms with Crippen LogP contribution in [0, 0.1) is 5.92 Å². The van der Waals surface area contributed by atoms with Crippen molar-refractivity contribution in [3.8, 4) is 5.75 Å². The van der Waals surface area contributed by atoms with Gasteiger partial charge in [0.1, 0.15) is 17.4 Å². The minimum Gasteiger partial charge on any atom is -0.489 e. The molecule has 1 aliphatic rings. The number of benzene rings is 1. The first-order chi connectivity index (χ1) is 12.0. The lowest BCUT2D eigenvalue weighted by molar-refractivity contribution is -0.138. The molecule has 0 amide bonds. The van der Waals surface area contributed by atoms with E-state index in [4.69, 9.17) is 21.4 Å². The number of aromatic nitrogens is 1. The molecule has 0 bridgehead atoms. The van der Waals surface area contributed by atoms with E-state index in [-0.39, 0.29) is 11.8 Å². The van der Waals surface area contributed by atoms with Gasteiger partial charge in [0.25, 0.3) is 0 Å². The Morgan fingerprint density at radius 1 is 1.44 bits per heavy atom. The van der Waals surface area contributed by atoms with Gasteiger partial charge in [-0.15, -0.1) is 11.8 Å². The zero-order chi connectivity index (χ0) is 18.0. The van der Waals surface area contributed by atoms with Crippen molar-refractivity contribution in [3.05, 3.63) is 52.7 Å². The zero-order valence-electron chi connectivity index (χ0n) is 14.1. The largest absolute Gasteiger partial charge is 0.489 e. The van der Waals surface area contributed by atoms with Crippen LogP contribution in [0.1, 0.15) is 37.3 Å². The van der Waals surface area contributed by atoms with Crippen LogP contribution in [0.25, 0.3) is 0 Å². The topological polar surface area (TPSA) is 59.4 Å². The lowest BCUT2D eigenvalue weighted by atomic mass is 10.1. The number of pyridine rings is 1. The molecule has 1 aromatic heterocycles. The van der Waals surface area contributed by atoms with Crippen LogP contribution >= 0.6 is 23.4 Å². The van der Waals surface area contributed by atoms with Crippen molar-refractivity contribution in [2.75, 3.05) is 0 Å². The molecule has 1 unspecified atom stereocenters. The van der Waals surface area contributed by atoms with Crippen molar-refractivity contribution < 1.29 is 14.6 Å². The van der Waals surface area contributed by atoms with Gasteiger partial charge in [-0.2, -0.15) is 0 Å². The molecule has 1 heterocycles. The molecule has 132 valence electrons. The lowest BCUT2D eigenvalue weighted by Crippen LogP contribution is -2.01. The van der Waals surface area contributed by atoms with Gasteiger partial charge in [-0.05, 0) is 36.1 Å². The summed E-state index contributed by atoms with van der Waals surface area (Å²) < 4.78 is 5.87. The third-order valence-corrected chi connectivity index (χ3v) is 5.46. The predicted molar refractivity (Wildman–Crippen MR) is 99.5 cm³/mol. The molecule has 25 heavy (non-hydrogen) atoms. The van der Waals surface area contributed by atoms with Crippen molar-refractivity contribution >= 4 is 29.3 Å². The van der Waals surface area contributed by atoms with E-state index in [1.54, 1.807) is 24.0 Å². The number of ether oxygens (including phenoxy) is 1. The van der Waals surface area contributed by atoms with Crippen LogP contribution in [0.3, 0.4) is 0 Å². The smallest absolute Gasteiger partial charge is 0.307 e. The van der Waals surface area contributed by atoms with Crippen LogP contribution in [-0.2, 0) is 11.4 Å². The Bertz CT molecular complexity index is 781. The van der Waals surface area contributed by atoms with Gasteiger partial charge in [-0.1, -0.05) is 37.6 Å². The number of carboxylic acids is 1. The molecule has 1 aliphatic carbocycles. The van der Waals surface area contributed by atoms with Crippen LogP contribution < -0.4 is 4.74 Å². The molecule has 1 saturated carbocycles. The maximum atomic E-state index is 11.0. The van der Waals surface area contributed by atoms with Crippen molar-refractivity contribution in [2.45, 2.75) is 43.1 Å². The monoisotopic (exact) mass is 377 g/mol. The Morgan fingerprint density at radius 2 is 2.24 bits per heavy atom. The Labute approximate surface area is 156 Å². The summed E-state index contributed by atoms with van der Waals surface area (Å²) in [5.41, 5.74) is 1.92. The number of nitrogens with zero attached hydrogens (tertiary/aromatic N) is 1. The fraction of sp³-hybridized carbons (Fsp3) is 0.368. The summed E-state index contributed by atoms with van der Waals surface area (Å²) in [6.07, 6.45) is 2.44. The fourth-order valence-electron chi connectivity index (χ4n) is 2.73. The van der Waals surface area contributed by atoms with E-state index in [0.29, 0.717) is 29.0 Å². The van der Waals surface area contributed by atoms with E-state index in [9.17, 15) is 4.79 Å². The van der Waals surface area contributed by atoms with E-state index in [1.165, 1.54) is 0 Å². The molecule has 4 nitrogen and oxygen atoms in total.